The second-order valence-corrected chi connectivity index (χ2v) is 2.92. The normalized spacial score (nSPS) is 11.0. The zero-order chi connectivity index (χ0) is 8.23. The summed E-state index contributed by atoms with van der Waals surface area (Å²) >= 11 is 1.65. The lowest BCUT2D eigenvalue weighted by Gasteiger charge is -1.85. The second kappa shape index (κ2) is 3.27. The molecule has 0 aliphatic carbocycles. The molecule has 2 heterocycles. The van der Waals surface area contributed by atoms with Gasteiger partial charge in [0.2, 0.25) is 0 Å². The number of thiophene rings is 1. The maximum atomic E-state index is 4.08. The maximum absolute atomic E-state index is 4.08. The van der Waals surface area contributed by atoms with Crippen molar-refractivity contribution < 1.29 is 0 Å². The van der Waals surface area contributed by atoms with Gasteiger partial charge in [0.05, 0.1) is 6.21 Å². The fraction of sp³-hybridized carbons (Fsp3) is 0. The minimum Gasteiger partial charge on any atom is -0.208 e. The monoisotopic (exact) mass is 178 g/mol. The Morgan fingerprint density at radius 3 is 2.92 bits per heavy atom. The van der Waals surface area contributed by atoms with Crippen molar-refractivity contribution in [2.24, 2.45) is 5.10 Å². The molecule has 0 spiro atoms. The molecule has 2 aromatic heterocycles. The third-order valence-electron chi connectivity index (χ3n) is 1.29. The Hall–Kier alpha value is -1.49. The Labute approximate surface area is 73.2 Å². The molecule has 2 rings (SSSR count). The minimum absolute atomic E-state index is 1.09. The molecule has 0 aliphatic rings. The quantitative estimate of drug-likeness (QED) is 0.649. The molecular weight excluding hydrogens is 172 g/mol. The van der Waals surface area contributed by atoms with Crippen LogP contribution >= 0.6 is 11.3 Å². The van der Waals surface area contributed by atoms with Crippen molar-refractivity contribution >= 4 is 17.6 Å². The fourth-order valence-electron chi connectivity index (χ4n) is 0.737. The van der Waals surface area contributed by atoms with E-state index < -0.39 is 0 Å². The SMILES string of the molecule is C(=N\n1cnnc1)/c1ccsc1. The van der Waals surface area contributed by atoms with Gasteiger partial charge in [0.25, 0.3) is 0 Å². The van der Waals surface area contributed by atoms with Crippen LogP contribution in [0.2, 0.25) is 0 Å². The molecule has 60 valence electrons. The van der Waals surface area contributed by atoms with Gasteiger partial charge >= 0.3 is 0 Å². The van der Waals surface area contributed by atoms with Crippen LogP contribution < -0.4 is 0 Å². The first kappa shape index (κ1) is 7.17. The zero-order valence-corrected chi connectivity index (χ0v) is 6.98. The molecule has 4 nitrogen and oxygen atoms in total. The van der Waals surface area contributed by atoms with Crippen LogP contribution in [0.5, 0.6) is 0 Å². The Morgan fingerprint density at radius 2 is 2.25 bits per heavy atom. The Kier molecular flexibility index (Phi) is 1.96. The van der Waals surface area contributed by atoms with Gasteiger partial charge < -0.3 is 0 Å². The first-order chi connectivity index (χ1) is 5.95. The third kappa shape index (κ3) is 1.57. The number of rotatable bonds is 2. The lowest BCUT2D eigenvalue weighted by molar-refractivity contribution is 0.878. The van der Waals surface area contributed by atoms with Gasteiger partial charge in [0.1, 0.15) is 12.7 Å². The topological polar surface area (TPSA) is 43.1 Å². The first-order valence-corrected chi connectivity index (χ1v) is 4.30. The van der Waals surface area contributed by atoms with Crippen LogP contribution in [0.3, 0.4) is 0 Å². The highest BCUT2D eigenvalue weighted by Gasteiger charge is 1.86. The van der Waals surface area contributed by atoms with Crippen molar-refractivity contribution in [3.05, 3.63) is 35.0 Å². The van der Waals surface area contributed by atoms with E-state index >= 15 is 0 Å². The van der Waals surface area contributed by atoms with Gasteiger partial charge in [-0.15, -0.1) is 10.2 Å². The van der Waals surface area contributed by atoms with Crippen LogP contribution in [0.15, 0.2) is 34.6 Å². The van der Waals surface area contributed by atoms with Crippen LogP contribution in [-0.4, -0.2) is 21.1 Å². The average Bonchev–Trinajstić information content (AvgIpc) is 2.74. The minimum atomic E-state index is 1.09. The van der Waals surface area contributed by atoms with Gasteiger partial charge in [-0.25, -0.2) is 4.68 Å². The highest BCUT2D eigenvalue weighted by Crippen LogP contribution is 2.02. The molecule has 0 aliphatic heterocycles. The third-order valence-corrected chi connectivity index (χ3v) is 1.99. The lowest BCUT2D eigenvalue weighted by atomic mass is 10.4. The van der Waals surface area contributed by atoms with Gasteiger partial charge in [-0.2, -0.15) is 16.4 Å². The summed E-state index contributed by atoms with van der Waals surface area (Å²) in [5.41, 5.74) is 1.09. The second-order valence-electron chi connectivity index (χ2n) is 2.14. The molecule has 0 aromatic carbocycles. The van der Waals surface area contributed by atoms with Gasteiger partial charge in [-0.1, -0.05) is 0 Å². The molecule has 0 fully saturated rings. The van der Waals surface area contributed by atoms with E-state index in [0.717, 1.165) is 5.56 Å². The van der Waals surface area contributed by atoms with E-state index in [4.69, 9.17) is 0 Å². The first-order valence-electron chi connectivity index (χ1n) is 3.36. The summed E-state index contributed by atoms with van der Waals surface area (Å²) in [5.74, 6) is 0. The maximum Gasteiger partial charge on any atom is 0.141 e. The molecule has 0 atom stereocenters. The van der Waals surface area contributed by atoms with Gasteiger partial charge in [0.15, 0.2) is 0 Å². The van der Waals surface area contributed by atoms with Crippen LogP contribution in [0.4, 0.5) is 0 Å². The number of hydrogen-bond acceptors (Lipinski definition) is 4. The van der Waals surface area contributed by atoms with E-state index in [2.05, 4.69) is 15.3 Å². The van der Waals surface area contributed by atoms with Crippen molar-refractivity contribution in [2.75, 3.05) is 0 Å². The van der Waals surface area contributed by atoms with E-state index in [1.54, 1.807) is 34.9 Å². The molecule has 0 N–H and O–H groups in total. The summed E-state index contributed by atoms with van der Waals surface area (Å²) in [6.45, 7) is 0. The van der Waals surface area contributed by atoms with Gasteiger partial charge in [-0.05, 0) is 16.8 Å². The lowest BCUT2D eigenvalue weighted by Crippen LogP contribution is -1.84. The smallest absolute Gasteiger partial charge is 0.141 e. The van der Waals surface area contributed by atoms with Crippen molar-refractivity contribution in [2.45, 2.75) is 0 Å². The van der Waals surface area contributed by atoms with Crippen LogP contribution in [0.1, 0.15) is 5.56 Å². The van der Waals surface area contributed by atoms with E-state index in [9.17, 15) is 0 Å². The molecule has 5 heteroatoms. The average molecular weight is 178 g/mol. The molecule has 0 unspecified atom stereocenters. The van der Waals surface area contributed by atoms with E-state index in [1.165, 1.54) is 0 Å². The summed E-state index contributed by atoms with van der Waals surface area (Å²) in [7, 11) is 0. The molecule has 2 aromatic rings. The summed E-state index contributed by atoms with van der Waals surface area (Å²) in [6, 6.07) is 2.00. The van der Waals surface area contributed by atoms with Gasteiger partial charge in [0, 0.05) is 5.56 Å². The summed E-state index contributed by atoms with van der Waals surface area (Å²) < 4.78 is 1.55. The van der Waals surface area contributed by atoms with E-state index in [1.807, 2.05) is 16.8 Å². The molecule has 0 amide bonds. The number of hydrogen-bond donors (Lipinski definition) is 0. The predicted octanol–water partition coefficient (Wildman–Crippen LogP) is 1.22. The molecule has 0 saturated heterocycles. The van der Waals surface area contributed by atoms with Crippen molar-refractivity contribution in [1.29, 1.82) is 0 Å². The van der Waals surface area contributed by atoms with Crippen molar-refractivity contribution in [3.8, 4) is 0 Å². The number of nitrogens with zero attached hydrogens (tertiary/aromatic N) is 4. The molecular formula is C7H6N4S. The van der Waals surface area contributed by atoms with E-state index in [-0.39, 0.29) is 0 Å². The van der Waals surface area contributed by atoms with Gasteiger partial charge in [-0.3, -0.25) is 0 Å². The largest absolute Gasteiger partial charge is 0.208 e. The van der Waals surface area contributed by atoms with Crippen LogP contribution in [-0.2, 0) is 0 Å². The predicted molar refractivity (Wildman–Crippen MR) is 47.3 cm³/mol. The van der Waals surface area contributed by atoms with Crippen molar-refractivity contribution in [1.82, 2.24) is 14.9 Å². The Balaban J connectivity index is 2.14. The van der Waals surface area contributed by atoms with Crippen molar-refractivity contribution in [3.63, 3.8) is 0 Å². The summed E-state index contributed by atoms with van der Waals surface area (Å²) in [5, 5.41) is 15.4. The summed E-state index contributed by atoms with van der Waals surface area (Å²) in [6.07, 6.45) is 4.85. The molecule has 0 saturated carbocycles. The Bertz CT molecular complexity index is 312. The fourth-order valence-corrected chi connectivity index (χ4v) is 1.35. The highest BCUT2D eigenvalue weighted by molar-refractivity contribution is 7.08. The molecule has 0 radical (unpaired) electrons. The van der Waals surface area contributed by atoms with Crippen LogP contribution in [0, 0.1) is 0 Å². The molecule has 12 heavy (non-hydrogen) atoms. The molecule has 0 bridgehead atoms. The zero-order valence-electron chi connectivity index (χ0n) is 6.16. The van der Waals surface area contributed by atoms with Crippen LogP contribution in [0.25, 0.3) is 0 Å². The highest BCUT2D eigenvalue weighted by atomic mass is 32.1. The standard InChI is InChI=1S/C7H6N4S/c1-2-12-4-7(1)3-10-11-5-8-9-6-11/h1-6H/b10-3+. The summed E-state index contributed by atoms with van der Waals surface area (Å²) in [4.78, 5) is 0. The number of aromatic nitrogens is 3. The Morgan fingerprint density at radius 1 is 1.42 bits per heavy atom. The van der Waals surface area contributed by atoms with E-state index in [0.29, 0.717) is 0 Å².